The number of nitrogens with zero attached hydrogens (tertiary/aromatic N) is 1. The smallest absolute Gasteiger partial charge is 0.324 e. The predicted octanol–water partition coefficient (Wildman–Crippen LogP) is 3.46. The molecule has 0 bridgehead atoms. The lowest BCUT2D eigenvalue weighted by Gasteiger charge is -2.35. The zero-order chi connectivity index (χ0) is 24.5. The van der Waals surface area contributed by atoms with E-state index >= 15 is 0 Å². The number of ether oxygens (including phenoxy) is 1. The van der Waals surface area contributed by atoms with E-state index in [1.807, 2.05) is 57.4 Å². The number of esters is 1. The van der Waals surface area contributed by atoms with Crippen LogP contribution in [0.4, 0.5) is 0 Å². The third-order valence-electron chi connectivity index (χ3n) is 4.88. The molecular formula is C24H32N2O5S2. The largest absolute Gasteiger partial charge is 0.454 e. The molecule has 1 N–H and O–H groups in total. The van der Waals surface area contributed by atoms with E-state index in [1.54, 1.807) is 23.1 Å². The van der Waals surface area contributed by atoms with Crippen LogP contribution in [0.25, 0.3) is 0 Å². The SMILES string of the molecule is CSCCC(NS(=O)(=O)c1ccccc1)C(=O)OCC(=O)N(Cc1ccccc1)C(C)(C)C. The molecule has 2 rings (SSSR count). The molecule has 2 aromatic rings. The van der Waals surface area contributed by atoms with Gasteiger partial charge in [-0.15, -0.1) is 0 Å². The minimum Gasteiger partial charge on any atom is -0.454 e. The van der Waals surface area contributed by atoms with Crippen molar-refractivity contribution in [3.05, 3.63) is 66.2 Å². The van der Waals surface area contributed by atoms with Gasteiger partial charge in [0.25, 0.3) is 5.91 Å². The minimum absolute atomic E-state index is 0.0600. The van der Waals surface area contributed by atoms with Gasteiger partial charge in [0.05, 0.1) is 4.90 Å². The number of hydrogen-bond acceptors (Lipinski definition) is 6. The molecule has 1 unspecified atom stereocenters. The molecule has 0 saturated heterocycles. The molecule has 1 atom stereocenters. The quantitative estimate of drug-likeness (QED) is 0.483. The van der Waals surface area contributed by atoms with Gasteiger partial charge >= 0.3 is 5.97 Å². The fourth-order valence-electron chi connectivity index (χ4n) is 3.09. The van der Waals surface area contributed by atoms with Crippen molar-refractivity contribution in [3.8, 4) is 0 Å². The maximum Gasteiger partial charge on any atom is 0.324 e. The fraction of sp³-hybridized carbons (Fsp3) is 0.417. The zero-order valence-corrected chi connectivity index (χ0v) is 21.1. The Bertz CT molecular complexity index is 1010. The Morgan fingerprint density at radius 2 is 1.61 bits per heavy atom. The summed E-state index contributed by atoms with van der Waals surface area (Å²) in [5, 5.41) is 0. The molecule has 33 heavy (non-hydrogen) atoms. The topological polar surface area (TPSA) is 92.8 Å². The van der Waals surface area contributed by atoms with Crippen molar-refractivity contribution < 1.29 is 22.7 Å². The highest BCUT2D eigenvalue weighted by Crippen LogP contribution is 2.18. The normalized spacial score (nSPS) is 12.7. The van der Waals surface area contributed by atoms with Gasteiger partial charge in [-0.1, -0.05) is 48.5 Å². The zero-order valence-electron chi connectivity index (χ0n) is 19.5. The van der Waals surface area contributed by atoms with Gasteiger partial charge in [0.15, 0.2) is 6.61 Å². The van der Waals surface area contributed by atoms with Crippen LogP contribution in [0.5, 0.6) is 0 Å². The lowest BCUT2D eigenvalue weighted by Crippen LogP contribution is -2.48. The van der Waals surface area contributed by atoms with Crippen LogP contribution < -0.4 is 4.72 Å². The number of hydrogen-bond donors (Lipinski definition) is 1. The molecule has 0 fully saturated rings. The second kappa shape index (κ2) is 12.2. The van der Waals surface area contributed by atoms with Crippen LogP contribution in [-0.2, 0) is 30.9 Å². The van der Waals surface area contributed by atoms with E-state index in [0.29, 0.717) is 12.3 Å². The molecule has 0 aliphatic carbocycles. The third kappa shape index (κ3) is 8.49. The van der Waals surface area contributed by atoms with Crippen LogP contribution >= 0.6 is 11.8 Å². The summed E-state index contributed by atoms with van der Waals surface area (Å²) in [6.07, 6.45) is 2.11. The molecule has 9 heteroatoms. The van der Waals surface area contributed by atoms with E-state index in [9.17, 15) is 18.0 Å². The molecule has 1 amide bonds. The number of nitrogens with one attached hydrogen (secondary N) is 1. The van der Waals surface area contributed by atoms with Crippen molar-refractivity contribution in [3.63, 3.8) is 0 Å². The van der Waals surface area contributed by atoms with E-state index in [-0.39, 0.29) is 17.2 Å². The highest BCUT2D eigenvalue weighted by Gasteiger charge is 2.30. The van der Waals surface area contributed by atoms with Crippen LogP contribution in [0.15, 0.2) is 65.6 Å². The van der Waals surface area contributed by atoms with Gasteiger partial charge in [0.1, 0.15) is 6.04 Å². The van der Waals surface area contributed by atoms with E-state index < -0.39 is 34.2 Å². The highest BCUT2D eigenvalue weighted by molar-refractivity contribution is 7.98. The number of carbonyl (C=O) groups is 2. The Morgan fingerprint density at radius 3 is 2.15 bits per heavy atom. The van der Waals surface area contributed by atoms with Crippen LogP contribution in [0, 0.1) is 0 Å². The molecule has 180 valence electrons. The van der Waals surface area contributed by atoms with Crippen LogP contribution in [0.3, 0.4) is 0 Å². The summed E-state index contributed by atoms with van der Waals surface area (Å²) in [4.78, 5) is 27.4. The highest BCUT2D eigenvalue weighted by atomic mass is 32.2. The van der Waals surface area contributed by atoms with E-state index in [2.05, 4.69) is 4.72 Å². The summed E-state index contributed by atoms with van der Waals surface area (Å²) >= 11 is 1.49. The maximum absolute atomic E-state index is 12.9. The van der Waals surface area contributed by atoms with Gasteiger partial charge in [-0.05, 0) is 56.9 Å². The summed E-state index contributed by atoms with van der Waals surface area (Å²) in [6, 6.07) is 16.3. The number of thioether (sulfide) groups is 1. The Hall–Kier alpha value is -2.36. The molecule has 7 nitrogen and oxygen atoms in total. The van der Waals surface area contributed by atoms with Crippen molar-refractivity contribution in [2.24, 2.45) is 0 Å². The summed E-state index contributed by atoms with van der Waals surface area (Å²) in [5.74, 6) is -0.577. The summed E-state index contributed by atoms with van der Waals surface area (Å²) in [5.41, 5.74) is 0.465. The van der Waals surface area contributed by atoms with E-state index in [1.165, 1.54) is 23.9 Å². The van der Waals surface area contributed by atoms with Crippen molar-refractivity contribution in [2.45, 2.75) is 50.2 Å². The van der Waals surface area contributed by atoms with Gasteiger partial charge in [0, 0.05) is 12.1 Å². The Morgan fingerprint density at radius 1 is 1.03 bits per heavy atom. The lowest BCUT2D eigenvalue weighted by atomic mass is 10.0. The van der Waals surface area contributed by atoms with Gasteiger partial charge in [0.2, 0.25) is 10.0 Å². The molecule has 0 heterocycles. The second-order valence-corrected chi connectivity index (χ2v) is 11.2. The van der Waals surface area contributed by atoms with Crippen molar-refractivity contribution in [1.29, 1.82) is 0 Å². The maximum atomic E-state index is 12.9. The van der Waals surface area contributed by atoms with E-state index in [4.69, 9.17) is 4.74 Å². The van der Waals surface area contributed by atoms with Crippen LogP contribution in [0.1, 0.15) is 32.8 Å². The molecule has 0 spiro atoms. The number of benzene rings is 2. The Labute approximate surface area is 200 Å². The molecule has 0 saturated carbocycles. The average molecular weight is 493 g/mol. The summed E-state index contributed by atoms with van der Waals surface area (Å²) < 4.78 is 33.1. The molecule has 2 aromatic carbocycles. The summed E-state index contributed by atoms with van der Waals surface area (Å²) in [6.45, 7) is 5.63. The van der Waals surface area contributed by atoms with Gasteiger partial charge in [-0.25, -0.2) is 8.42 Å². The van der Waals surface area contributed by atoms with Gasteiger partial charge in [-0.3, -0.25) is 9.59 Å². The predicted molar refractivity (Wildman–Crippen MR) is 131 cm³/mol. The Balaban J connectivity index is 2.08. The fourth-order valence-corrected chi connectivity index (χ4v) is 4.80. The number of rotatable bonds is 11. The molecule has 0 aromatic heterocycles. The van der Waals surface area contributed by atoms with Gasteiger partial charge in [-0.2, -0.15) is 16.5 Å². The molecule has 0 radical (unpaired) electrons. The third-order valence-corrected chi connectivity index (χ3v) is 7.01. The number of sulfonamides is 1. The minimum atomic E-state index is -3.91. The van der Waals surface area contributed by atoms with E-state index in [0.717, 1.165) is 5.56 Å². The standard InChI is InChI=1S/C24H32N2O5S2/c1-24(2,3)26(17-19-11-7-5-8-12-19)22(27)18-31-23(28)21(15-16-32-4)25-33(29,30)20-13-9-6-10-14-20/h5-14,21,25H,15-18H2,1-4H3. The lowest BCUT2D eigenvalue weighted by molar-refractivity contribution is -0.155. The van der Waals surface area contributed by atoms with Crippen molar-refractivity contribution in [1.82, 2.24) is 9.62 Å². The molecule has 0 aliphatic heterocycles. The molecular weight excluding hydrogens is 460 g/mol. The first-order valence-electron chi connectivity index (χ1n) is 10.6. The second-order valence-electron chi connectivity index (χ2n) is 8.51. The monoisotopic (exact) mass is 492 g/mol. The van der Waals surface area contributed by atoms with Crippen LogP contribution in [-0.4, -0.2) is 55.4 Å². The summed E-state index contributed by atoms with van der Waals surface area (Å²) in [7, 11) is -3.91. The van der Waals surface area contributed by atoms with Crippen molar-refractivity contribution in [2.75, 3.05) is 18.6 Å². The first-order valence-corrected chi connectivity index (χ1v) is 13.5. The first-order chi connectivity index (χ1) is 15.5. The average Bonchev–Trinajstić information content (AvgIpc) is 2.79. The van der Waals surface area contributed by atoms with Gasteiger partial charge < -0.3 is 9.64 Å². The number of amides is 1. The first kappa shape index (κ1) is 26.9. The Kier molecular flexibility index (Phi) is 9.94. The number of carbonyl (C=O) groups excluding carboxylic acids is 2. The molecule has 0 aliphatic rings. The van der Waals surface area contributed by atoms with Crippen LogP contribution in [0.2, 0.25) is 0 Å². The van der Waals surface area contributed by atoms with Crippen molar-refractivity contribution >= 4 is 33.7 Å².